The van der Waals surface area contributed by atoms with E-state index in [1.165, 1.54) is 25.9 Å². The van der Waals surface area contributed by atoms with Crippen LogP contribution in [0.1, 0.15) is 46.3 Å². The Morgan fingerprint density at radius 2 is 1.70 bits per heavy atom. The van der Waals surface area contributed by atoms with Crippen LogP contribution in [-0.4, -0.2) is 31.1 Å². The third kappa shape index (κ3) is 8.39. The number of hydrogen-bond acceptors (Lipinski definition) is 3. The van der Waals surface area contributed by atoms with Gasteiger partial charge in [0.15, 0.2) is 0 Å². The molecule has 20 heavy (non-hydrogen) atoms. The molecule has 0 amide bonds. The molecule has 0 saturated heterocycles. The maximum absolute atomic E-state index is 5.32. The monoisotopic (exact) mass is 280 g/mol. The van der Waals surface area contributed by atoms with Crippen molar-refractivity contribution in [3.63, 3.8) is 0 Å². The summed E-state index contributed by atoms with van der Waals surface area (Å²) >= 11 is 0. The van der Waals surface area contributed by atoms with E-state index in [1.807, 2.05) is 12.1 Å². The normalized spacial score (nSPS) is 11.9. The van der Waals surface area contributed by atoms with Gasteiger partial charge in [0, 0.05) is 13.1 Å². The van der Waals surface area contributed by atoms with E-state index in [0.29, 0.717) is 0 Å². The quantitative estimate of drug-likeness (QED) is 0.626. The molecule has 0 saturated carbocycles. The molecule has 0 aliphatic rings. The van der Waals surface area contributed by atoms with Gasteiger partial charge >= 0.3 is 0 Å². The molecule has 1 aromatic rings. The van der Waals surface area contributed by atoms with Crippen LogP contribution in [0.4, 0.5) is 0 Å². The molecule has 1 N–H and O–H groups in total. The minimum Gasteiger partial charge on any atom is -0.468 e. The number of nitrogens with one attached hydrogen (secondary N) is 1. The first-order chi connectivity index (χ1) is 9.58. The average molecular weight is 280 g/mol. The Morgan fingerprint density at radius 1 is 1.05 bits per heavy atom. The van der Waals surface area contributed by atoms with Gasteiger partial charge in [0.1, 0.15) is 5.76 Å². The predicted octanol–water partition coefficient (Wildman–Crippen LogP) is 3.76. The first kappa shape index (κ1) is 17.3. The zero-order valence-corrected chi connectivity index (χ0v) is 13.7. The minimum atomic E-state index is 0.785. The number of nitrogens with zero attached hydrogens (tertiary/aromatic N) is 1. The molecule has 0 aromatic carbocycles. The van der Waals surface area contributed by atoms with Crippen LogP contribution in [0, 0.1) is 11.8 Å². The lowest BCUT2D eigenvalue weighted by molar-refractivity contribution is 0.242. The highest BCUT2D eigenvalue weighted by Gasteiger charge is 2.07. The second-order valence-electron chi connectivity index (χ2n) is 6.46. The Kier molecular flexibility index (Phi) is 8.63. The van der Waals surface area contributed by atoms with Crippen molar-refractivity contribution in [2.24, 2.45) is 11.8 Å². The Bertz CT molecular complexity index is 308. The Labute approximate surface area is 124 Å². The zero-order valence-electron chi connectivity index (χ0n) is 13.7. The summed E-state index contributed by atoms with van der Waals surface area (Å²) < 4.78 is 5.32. The lowest BCUT2D eigenvalue weighted by Gasteiger charge is -2.24. The Hall–Kier alpha value is -0.800. The summed E-state index contributed by atoms with van der Waals surface area (Å²) in [6.07, 6.45) is 4.31. The van der Waals surface area contributed by atoms with E-state index in [2.05, 4.69) is 37.9 Å². The first-order valence-corrected chi connectivity index (χ1v) is 8.03. The van der Waals surface area contributed by atoms with Crippen molar-refractivity contribution in [3.8, 4) is 0 Å². The van der Waals surface area contributed by atoms with Crippen molar-refractivity contribution in [2.45, 2.75) is 47.1 Å². The van der Waals surface area contributed by atoms with Gasteiger partial charge in [-0.1, -0.05) is 27.7 Å². The van der Waals surface area contributed by atoms with Crippen LogP contribution in [0.15, 0.2) is 22.8 Å². The van der Waals surface area contributed by atoms with Crippen molar-refractivity contribution in [1.82, 2.24) is 10.2 Å². The Balaban J connectivity index is 2.20. The van der Waals surface area contributed by atoms with Crippen molar-refractivity contribution in [1.29, 1.82) is 0 Å². The molecule has 0 aliphatic heterocycles. The molecule has 1 aromatic heterocycles. The van der Waals surface area contributed by atoms with Gasteiger partial charge in [0.05, 0.1) is 12.8 Å². The number of furan rings is 1. The van der Waals surface area contributed by atoms with Gasteiger partial charge in [-0.15, -0.1) is 0 Å². The van der Waals surface area contributed by atoms with E-state index in [0.717, 1.165) is 37.2 Å². The van der Waals surface area contributed by atoms with Crippen LogP contribution in [0.5, 0.6) is 0 Å². The highest BCUT2D eigenvalue weighted by atomic mass is 16.3. The summed E-state index contributed by atoms with van der Waals surface area (Å²) in [5.74, 6) is 2.58. The largest absolute Gasteiger partial charge is 0.468 e. The second kappa shape index (κ2) is 10.0. The van der Waals surface area contributed by atoms with E-state index < -0.39 is 0 Å². The molecule has 0 radical (unpaired) electrons. The summed E-state index contributed by atoms with van der Waals surface area (Å²) in [6, 6.07) is 3.96. The fourth-order valence-electron chi connectivity index (χ4n) is 2.08. The van der Waals surface area contributed by atoms with Gasteiger partial charge in [-0.2, -0.15) is 0 Å². The lowest BCUT2D eigenvalue weighted by atomic mass is 10.1. The van der Waals surface area contributed by atoms with E-state index >= 15 is 0 Å². The average Bonchev–Trinajstić information content (AvgIpc) is 2.89. The fraction of sp³-hybridized carbons (Fsp3) is 0.765. The molecule has 0 bridgehead atoms. The van der Waals surface area contributed by atoms with Crippen LogP contribution < -0.4 is 5.32 Å². The van der Waals surface area contributed by atoms with Crippen molar-refractivity contribution in [2.75, 3.05) is 26.2 Å². The molecule has 0 spiro atoms. The Morgan fingerprint density at radius 3 is 2.20 bits per heavy atom. The molecule has 0 atom stereocenters. The highest BCUT2D eigenvalue weighted by Crippen LogP contribution is 2.06. The fourth-order valence-corrected chi connectivity index (χ4v) is 2.08. The van der Waals surface area contributed by atoms with Crippen LogP contribution >= 0.6 is 0 Å². The molecule has 0 unspecified atom stereocenters. The number of hydrogen-bond donors (Lipinski definition) is 1. The zero-order chi connectivity index (χ0) is 14.8. The minimum absolute atomic E-state index is 0.785. The smallest absolute Gasteiger partial charge is 0.117 e. The van der Waals surface area contributed by atoms with E-state index in [1.54, 1.807) is 6.26 Å². The summed E-state index contributed by atoms with van der Waals surface area (Å²) in [7, 11) is 0. The molecular formula is C17H32N2O. The SMILES string of the molecule is CC(C)CCN(CCNCc1ccco1)CCC(C)C. The molecule has 1 rings (SSSR count). The van der Waals surface area contributed by atoms with Crippen LogP contribution in [0.25, 0.3) is 0 Å². The van der Waals surface area contributed by atoms with Crippen molar-refractivity contribution in [3.05, 3.63) is 24.2 Å². The summed E-state index contributed by atoms with van der Waals surface area (Å²) in [5.41, 5.74) is 0. The molecule has 1 heterocycles. The first-order valence-electron chi connectivity index (χ1n) is 8.03. The van der Waals surface area contributed by atoms with Gasteiger partial charge in [-0.25, -0.2) is 0 Å². The van der Waals surface area contributed by atoms with Crippen LogP contribution in [0.3, 0.4) is 0 Å². The molecule has 3 nitrogen and oxygen atoms in total. The third-order valence-corrected chi connectivity index (χ3v) is 3.53. The molecule has 0 aliphatic carbocycles. The second-order valence-corrected chi connectivity index (χ2v) is 6.46. The van der Waals surface area contributed by atoms with Crippen molar-refractivity contribution >= 4 is 0 Å². The molecule has 3 heteroatoms. The van der Waals surface area contributed by atoms with E-state index in [-0.39, 0.29) is 0 Å². The highest BCUT2D eigenvalue weighted by molar-refractivity contribution is 4.97. The molecule has 0 fully saturated rings. The van der Waals surface area contributed by atoms with Gasteiger partial charge in [-0.05, 0) is 49.9 Å². The van der Waals surface area contributed by atoms with Gasteiger partial charge < -0.3 is 14.6 Å². The summed E-state index contributed by atoms with van der Waals surface area (Å²) in [4.78, 5) is 2.59. The van der Waals surface area contributed by atoms with E-state index in [9.17, 15) is 0 Å². The summed E-state index contributed by atoms with van der Waals surface area (Å²) in [6.45, 7) is 14.6. The molecular weight excluding hydrogens is 248 g/mol. The maximum atomic E-state index is 5.32. The van der Waals surface area contributed by atoms with Crippen LogP contribution in [0.2, 0.25) is 0 Å². The van der Waals surface area contributed by atoms with Gasteiger partial charge in [0.2, 0.25) is 0 Å². The topological polar surface area (TPSA) is 28.4 Å². The van der Waals surface area contributed by atoms with Crippen molar-refractivity contribution < 1.29 is 4.42 Å². The van der Waals surface area contributed by atoms with Gasteiger partial charge in [0.25, 0.3) is 0 Å². The number of rotatable bonds is 11. The molecule has 116 valence electrons. The van der Waals surface area contributed by atoms with Crippen LogP contribution in [-0.2, 0) is 6.54 Å². The predicted molar refractivity (Wildman–Crippen MR) is 85.8 cm³/mol. The summed E-state index contributed by atoms with van der Waals surface area (Å²) in [5, 5.41) is 3.46. The maximum Gasteiger partial charge on any atom is 0.117 e. The lowest BCUT2D eigenvalue weighted by Crippen LogP contribution is -2.34. The standard InChI is InChI=1S/C17H32N2O/c1-15(2)7-10-19(11-8-16(3)4)12-9-18-14-17-6-5-13-20-17/h5-6,13,15-16,18H,7-12,14H2,1-4H3. The van der Waals surface area contributed by atoms with Gasteiger partial charge in [-0.3, -0.25) is 0 Å². The van der Waals surface area contributed by atoms with E-state index in [4.69, 9.17) is 4.42 Å². The third-order valence-electron chi connectivity index (χ3n) is 3.53.